The first-order valence-corrected chi connectivity index (χ1v) is 4.31. The van der Waals surface area contributed by atoms with E-state index >= 15 is 0 Å². The van der Waals surface area contributed by atoms with Crippen LogP contribution in [0.3, 0.4) is 0 Å². The van der Waals surface area contributed by atoms with Gasteiger partial charge < -0.3 is 14.4 Å². The fourth-order valence-corrected chi connectivity index (χ4v) is 1.04. The number of hydrogen-bond donors (Lipinski definition) is 0. The van der Waals surface area contributed by atoms with Gasteiger partial charge in [-0.25, -0.2) is 4.79 Å². The fraction of sp³-hybridized carbons (Fsp3) is 0.857. The minimum atomic E-state index is -0.569. The van der Waals surface area contributed by atoms with Gasteiger partial charge in [-0.3, -0.25) is 0 Å². The molecule has 1 heterocycles. The van der Waals surface area contributed by atoms with Crippen LogP contribution in [0.4, 0.5) is 4.79 Å². The van der Waals surface area contributed by atoms with Gasteiger partial charge in [-0.1, -0.05) is 11.6 Å². The summed E-state index contributed by atoms with van der Waals surface area (Å²) in [4.78, 5) is 12.8. The normalized spacial score (nSPS) is 20.3. The maximum atomic E-state index is 11.2. The van der Waals surface area contributed by atoms with E-state index in [1.165, 1.54) is 0 Å². The van der Waals surface area contributed by atoms with E-state index in [1.54, 1.807) is 11.8 Å². The lowest BCUT2D eigenvalue weighted by Crippen LogP contribution is -2.41. The van der Waals surface area contributed by atoms with Crippen LogP contribution in [0.2, 0.25) is 0 Å². The molecule has 1 aliphatic rings. The van der Waals surface area contributed by atoms with Gasteiger partial charge in [0.15, 0.2) is 5.56 Å². The number of nitrogens with zero attached hydrogens (tertiary/aromatic N) is 1. The predicted molar refractivity (Wildman–Crippen MR) is 44.2 cm³/mol. The molecule has 0 radical (unpaired) electrons. The smallest absolute Gasteiger partial charge is 0.411 e. The molecule has 12 heavy (non-hydrogen) atoms. The summed E-state index contributed by atoms with van der Waals surface area (Å²) in [5, 5.41) is 0. The highest BCUT2D eigenvalue weighted by molar-refractivity contribution is 6.19. The summed E-state index contributed by atoms with van der Waals surface area (Å²) in [6, 6.07) is 0. The zero-order valence-electron chi connectivity index (χ0n) is 6.96. The van der Waals surface area contributed by atoms with Gasteiger partial charge >= 0.3 is 6.09 Å². The second-order valence-corrected chi connectivity index (χ2v) is 3.14. The molecule has 0 aromatic rings. The Balaban J connectivity index is 2.30. The molecular formula is C7H12ClNO3. The zero-order chi connectivity index (χ0) is 8.97. The Morgan fingerprint density at radius 1 is 1.58 bits per heavy atom. The van der Waals surface area contributed by atoms with Crippen molar-refractivity contribution in [3.05, 3.63) is 0 Å². The number of carbonyl (C=O) groups is 1. The first-order valence-electron chi connectivity index (χ1n) is 3.87. The monoisotopic (exact) mass is 193 g/mol. The van der Waals surface area contributed by atoms with E-state index in [0.717, 1.165) is 0 Å². The minimum Gasteiger partial charge on any atom is -0.430 e. The average molecular weight is 194 g/mol. The molecule has 1 saturated heterocycles. The van der Waals surface area contributed by atoms with Crippen LogP contribution in [0, 0.1) is 0 Å². The predicted octanol–water partition coefficient (Wildman–Crippen LogP) is 1.04. The zero-order valence-corrected chi connectivity index (χ0v) is 7.71. The summed E-state index contributed by atoms with van der Waals surface area (Å²) < 4.78 is 9.86. The number of alkyl halides is 1. The number of rotatable bonds is 1. The Hall–Kier alpha value is -0.480. The van der Waals surface area contributed by atoms with Crippen LogP contribution in [0.5, 0.6) is 0 Å². The molecule has 5 heteroatoms. The highest BCUT2D eigenvalue weighted by Gasteiger charge is 2.18. The molecule has 0 aromatic carbocycles. The first kappa shape index (κ1) is 9.61. The highest BCUT2D eigenvalue weighted by atomic mass is 35.5. The molecule has 1 fully saturated rings. The van der Waals surface area contributed by atoms with Crippen LogP contribution in [0.1, 0.15) is 6.92 Å². The molecule has 0 bridgehead atoms. The van der Waals surface area contributed by atoms with Gasteiger partial charge in [-0.2, -0.15) is 0 Å². The van der Waals surface area contributed by atoms with Gasteiger partial charge in [0.1, 0.15) is 0 Å². The van der Waals surface area contributed by atoms with E-state index in [0.29, 0.717) is 26.3 Å². The lowest BCUT2D eigenvalue weighted by Gasteiger charge is -2.26. The third-order valence-electron chi connectivity index (χ3n) is 1.53. The van der Waals surface area contributed by atoms with Gasteiger partial charge in [0.05, 0.1) is 13.2 Å². The molecule has 1 rings (SSSR count). The van der Waals surface area contributed by atoms with Crippen molar-refractivity contribution < 1.29 is 14.3 Å². The van der Waals surface area contributed by atoms with Gasteiger partial charge in [-0.15, -0.1) is 0 Å². The molecule has 4 nitrogen and oxygen atoms in total. The summed E-state index contributed by atoms with van der Waals surface area (Å²) in [5.74, 6) is 0. The van der Waals surface area contributed by atoms with Crippen LogP contribution < -0.4 is 0 Å². The Kier molecular flexibility index (Phi) is 3.62. The summed E-state index contributed by atoms with van der Waals surface area (Å²) in [6.07, 6.45) is -0.360. The number of halogens is 1. The van der Waals surface area contributed by atoms with E-state index < -0.39 is 5.56 Å². The number of hydrogen-bond acceptors (Lipinski definition) is 3. The molecule has 0 aliphatic carbocycles. The fourth-order valence-electron chi connectivity index (χ4n) is 0.959. The summed E-state index contributed by atoms with van der Waals surface area (Å²) >= 11 is 5.49. The lowest BCUT2D eigenvalue weighted by atomic mass is 10.5. The minimum absolute atomic E-state index is 0.360. The molecule has 1 amide bonds. The summed E-state index contributed by atoms with van der Waals surface area (Å²) in [7, 11) is 0. The number of morpholine rings is 1. The molecule has 0 aromatic heterocycles. The average Bonchev–Trinajstić information content (AvgIpc) is 2.05. The van der Waals surface area contributed by atoms with Gasteiger partial charge in [0.2, 0.25) is 0 Å². The van der Waals surface area contributed by atoms with Crippen molar-refractivity contribution in [2.75, 3.05) is 26.3 Å². The van der Waals surface area contributed by atoms with Crippen LogP contribution >= 0.6 is 11.6 Å². The van der Waals surface area contributed by atoms with Crippen LogP contribution in [-0.4, -0.2) is 42.9 Å². The van der Waals surface area contributed by atoms with E-state index in [9.17, 15) is 4.79 Å². The SMILES string of the molecule is CC(Cl)OC(=O)N1CCOCC1. The van der Waals surface area contributed by atoms with E-state index in [2.05, 4.69) is 0 Å². The number of amides is 1. The first-order chi connectivity index (χ1) is 5.70. The standard InChI is InChI=1S/C7H12ClNO3/c1-6(8)12-7(10)9-2-4-11-5-3-9/h6H,2-5H2,1H3. The Labute approximate surface area is 76.4 Å². The third-order valence-corrected chi connectivity index (χ3v) is 1.62. The molecule has 0 N–H and O–H groups in total. The Morgan fingerprint density at radius 3 is 2.67 bits per heavy atom. The number of ether oxygens (including phenoxy) is 2. The molecule has 1 aliphatic heterocycles. The van der Waals surface area contributed by atoms with E-state index in [-0.39, 0.29) is 6.09 Å². The van der Waals surface area contributed by atoms with Crippen molar-refractivity contribution in [1.82, 2.24) is 4.90 Å². The molecule has 1 unspecified atom stereocenters. The van der Waals surface area contributed by atoms with Crippen molar-refractivity contribution in [3.8, 4) is 0 Å². The largest absolute Gasteiger partial charge is 0.430 e. The quantitative estimate of drug-likeness (QED) is 0.584. The van der Waals surface area contributed by atoms with Crippen molar-refractivity contribution in [2.24, 2.45) is 0 Å². The van der Waals surface area contributed by atoms with Crippen molar-refractivity contribution in [3.63, 3.8) is 0 Å². The maximum Gasteiger partial charge on any atom is 0.411 e. The van der Waals surface area contributed by atoms with Crippen LogP contribution in [-0.2, 0) is 9.47 Å². The molecule has 0 spiro atoms. The third kappa shape index (κ3) is 2.87. The topological polar surface area (TPSA) is 38.8 Å². The maximum absolute atomic E-state index is 11.2. The number of carbonyl (C=O) groups excluding carboxylic acids is 1. The Bertz CT molecular complexity index is 157. The van der Waals surface area contributed by atoms with E-state index in [4.69, 9.17) is 21.1 Å². The van der Waals surface area contributed by atoms with Gasteiger partial charge in [0, 0.05) is 13.1 Å². The second-order valence-electron chi connectivity index (χ2n) is 2.53. The summed E-state index contributed by atoms with van der Waals surface area (Å²) in [5.41, 5.74) is -0.569. The van der Waals surface area contributed by atoms with Crippen molar-refractivity contribution >= 4 is 17.7 Å². The van der Waals surface area contributed by atoms with Gasteiger partial charge in [-0.05, 0) is 6.92 Å². The molecular weight excluding hydrogens is 182 g/mol. The highest BCUT2D eigenvalue weighted by Crippen LogP contribution is 2.04. The van der Waals surface area contributed by atoms with Gasteiger partial charge in [0.25, 0.3) is 0 Å². The lowest BCUT2D eigenvalue weighted by molar-refractivity contribution is 0.0249. The van der Waals surface area contributed by atoms with Crippen LogP contribution in [0.25, 0.3) is 0 Å². The molecule has 0 saturated carbocycles. The molecule has 70 valence electrons. The van der Waals surface area contributed by atoms with E-state index in [1.807, 2.05) is 0 Å². The van der Waals surface area contributed by atoms with Crippen molar-refractivity contribution in [1.29, 1.82) is 0 Å². The van der Waals surface area contributed by atoms with Crippen LogP contribution in [0.15, 0.2) is 0 Å². The summed E-state index contributed by atoms with van der Waals surface area (Å²) in [6.45, 7) is 3.93. The van der Waals surface area contributed by atoms with Crippen molar-refractivity contribution in [2.45, 2.75) is 12.5 Å². The molecule has 1 atom stereocenters. The second kappa shape index (κ2) is 4.52. The Morgan fingerprint density at radius 2 is 2.17 bits per heavy atom.